The lowest BCUT2D eigenvalue weighted by atomic mass is 10.2. The van der Waals surface area contributed by atoms with E-state index in [1.54, 1.807) is 12.2 Å². The van der Waals surface area contributed by atoms with Crippen molar-refractivity contribution in [3.8, 4) is 11.5 Å². The zero-order valence-electron chi connectivity index (χ0n) is 10.7. The van der Waals surface area contributed by atoms with Crippen LogP contribution < -0.4 is 4.74 Å². The van der Waals surface area contributed by atoms with Crippen LogP contribution in [0.5, 0.6) is 11.5 Å². The fraction of sp³-hybridized carbons (Fsp3) is 0.250. The van der Waals surface area contributed by atoms with Crippen molar-refractivity contribution in [3.63, 3.8) is 0 Å². The Kier molecular flexibility index (Phi) is 15.5. The summed E-state index contributed by atoms with van der Waals surface area (Å²) in [5.74, 6) is -0.559. The molecule has 0 amide bonds. The molecule has 0 spiro atoms. The molecule has 1 rings (SSSR count). The second kappa shape index (κ2) is 13.9. The molecule has 118 valence electrons. The van der Waals surface area contributed by atoms with Crippen LogP contribution in [0.4, 0.5) is 0 Å². The first-order valence-corrected chi connectivity index (χ1v) is 5.39. The molecular weight excluding hydrogens is 272 g/mol. The fourth-order valence-corrected chi connectivity index (χ4v) is 1.02. The number of hydrogen-bond donors (Lipinski definition) is 2. The van der Waals surface area contributed by atoms with Gasteiger partial charge in [0.1, 0.15) is 6.29 Å². The Bertz CT molecular complexity index is 476. The Morgan fingerprint density at radius 2 is 1.86 bits per heavy atom. The van der Waals surface area contributed by atoms with Crippen LogP contribution in [0.25, 0.3) is 0 Å². The van der Waals surface area contributed by atoms with Gasteiger partial charge in [-0.25, -0.2) is 4.79 Å². The van der Waals surface area contributed by atoms with Crippen LogP contribution in [0.15, 0.2) is 42.5 Å². The van der Waals surface area contributed by atoms with Crippen molar-refractivity contribution in [2.24, 2.45) is 0 Å². The van der Waals surface area contributed by atoms with Crippen molar-refractivity contribution in [2.75, 3.05) is 7.11 Å². The van der Waals surface area contributed by atoms with E-state index in [4.69, 9.17) is 14.9 Å². The molecule has 1 aromatic rings. The number of carboxylic acids is 1. The second-order valence-corrected chi connectivity index (χ2v) is 3.27. The Labute approximate surface area is 126 Å². The maximum atomic E-state index is 10.2. The number of rotatable bonds is 4. The molecule has 21 heavy (non-hydrogen) atoms. The highest BCUT2D eigenvalue weighted by molar-refractivity contribution is 5.80. The molecule has 5 heteroatoms. The van der Waals surface area contributed by atoms with Crippen LogP contribution in [0.1, 0.15) is 32.1 Å². The molecule has 0 aromatic heterocycles. The maximum absolute atomic E-state index is 10.2. The molecule has 0 atom stereocenters. The molecule has 0 bridgehead atoms. The topological polar surface area (TPSA) is 83.8 Å². The first-order valence-electron chi connectivity index (χ1n) is 5.39. The molecule has 0 aliphatic rings. The largest absolute Gasteiger partial charge is 0.504 e. The van der Waals surface area contributed by atoms with Crippen molar-refractivity contribution in [1.29, 1.82) is 0 Å². The highest BCUT2D eigenvalue weighted by Gasteiger charge is 2.00. The standard InChI is InChI=1S/C8H8O3.C6H8O2.2CH4/c1-11-8-4-6(5-9)2-3-7(8)10;1-2-3-4-5-6(7)8;;/h2-5,10H,1H3;2-5H,1H3,(H,7,8);2*1H4/b;3-2+,5-4+;;. The van der Waals surface area contributed by atoms with Gasteiger partial charge in [-0.2, -0.15) is 0 Å². The van der Waals surface area contributed by atoms with Crippen LogP contribution in [-0.2, 0) is 4.79 Å². The van der Waals surface area contributed by atoms with Crippen LogP contribution in [-0.4, -0.2) is 29.6 Å². The third kappa shape index (κ3) is 11.0. The number of carbonyl (C=O) groups is 2. The Morgan fingerprint density at radius 3 is 2.29 bits per heavy atom. The number of aromatic hydroxyl groups is 1. The number of carboxylic acid groups (broad SMARTS) is 1. The number of aliphatic carboxylic acids is 1. The van der Waals surface area contributed by atoms with Crippen LogP contribution in [0.3, 0.4) is 0 Å². The van der Waals surface area contributed by atoms with E-state index < -0.39 is 5.97 Å². The van der Waals surface area contributed by atoms with E-state index in [-0.39, 0.29) is 20.6 Å². The quantitative estimate of drug-likeness (QED) is 0.503. The lowest BCUT2D eigenvalue weighted by Crippen LogP contribution is -1.85. The summed E-state index contributed by atoms with van der Waals surface area (Å²) in [6.07, 6.45) is 6.68. The molecule has 0 saturated carbocycles. The Balaban J connectivity index is -0.000000295. The molecule has 0 fully saturated rings. The average molecular weight is 296 g/mol. The highest BCUT2D eigenvalue weighted by Crippen LogP contribution is 2.25. The van der Waals surface area contributed by atoms with Gasteiger partial charge >= 0.3 is 5.97 Å². The molecular formula is C16H24O5. The zero-order chi connectivity index (χ0) is 14.7. The van der Waals surface area contributed by atoms with Crippen molar-refractivity contribution >= 4 is 12.3 Å². The molecule has 5 nitrogen and oxygen atoms in total. The summed E-state index contributed by atoms with van der Waals surface area (Å²) in [4.78, 5) is 20.0. The van der Waals surface area contributed by atoms with E-state index in [2.05, 4.69) is 0 Å². The number of methoxy groups -OCH3 is 1. The fourth-order valence-electron chi connectivity index (χ4n) is 1.02. The van der Waals surface area contributed by atoms with Crippen LogP contribution in [0, 0.1) is 0 Å². The van der Waals surface area contributed by atoms with Crippen molar-refractivity contribution in [3.05, 3.63) is 48.1 Å². The van der Waals surface area contributed by atoms with Crippen molar-refractivity contribution in [1.82, 2.24) is 0 Å². The first kappa shape index (κ1) is 23.5. The van der Waals surface area contributed by atoms with Gasteiger partial charge in [0, 0.05) is 11.6 Å². The number of hydrogen-bond acceptors (Lipinski definition) is 4. The summed E-state index contributed by atoms with van der Waals surface area (Å²) in [7, 11) is 1.43. The molecule has 0 heterocycles. The lowest BCUT2D eigenvalue weighted by molar-refractivity contribution is -0.131. The summed E-state index contributed by atoms with van der Waals surface area (Å²) in [6.45, 7) is 1.83. The highest BCUT2D eigenvalue weighted by atomic mass is 16.5. The van der Waals surface area contributed by atoms with Gasteiger partial charge in [0.15, 0.2) is 11.5 Å². The van der Waals surface area contributed by atoms with E-state index in [0.717, 1.165) is 6.08 Å². The minimum atomic E-state index is -0.914. The summed E-state index contributed by atoms with van der Waals surface area (Å²) >= 11 is 0. The van der Waals surface area contributed by atoms with Gasteiger partial charge in [-0.05, 0) is 25.1 Å². The summed E-state index contributed by atoms with van der Waals surface area (Å²) in [5, 5.41) is 17.1. The number of carbonyl (C=O) groups excluding carboxylic acids is 1. The van der Waals surface area contributed by atoms with Gasteiger partial charge in [-0.1, -0.05) is 33.1 Å². The minimum absolute atomic E-state index is 0. The molecule has 0 aliphatic heterocycles. The van der Waals surface area contributed by atoms with Crippen molar-refractivity contribution in [2.45, 2.75) is 21.8 Å². The van der Waals surface area contributed by atoms with Gasteiger partial charge in [0.25, 0.3) is 0 Å². The van der Waals surface area contributed by atoms with Crippen LogP contribution in [0.2, 0.25) is 0 Å². The van der Waals surface area contributed by atoms with Gasteiger partial charge < -0.3 is 14.9 Å². The molecule has 0 saturated heterocycles. The van der Waals surface area contributed by atoms with E-state index >= 15 is 0 Å². The van der Waals surface area contributed by atoms with E-state index in [9.17, 15) is 9.59 Å². The summed E-state index contributed by atoms with van der Waals surface area (Å²) in [5.41, 5.74) is 0.486. The average Bonchev–Trinajstić information content (AvgIpc) is 2.40. The van der Waals surface area contributed by atoms with E-state index in [1.807, 2.05) is 6.92 Å². The maximum Gasteiger partial charge on any atom is 0.328 e. The lowest BCUT2D eigenvalue weighted by Gasteiger charge is -2.01. The predicted molar refractivity (Wildman–Crippen MR) is 85.1 cm³/mol. The molecule has 0 unspecified atom stereocenters. The monoisotopic (exact) mass is 296 g/mol. The normalized spacial score (nSPS) is 9.05. The predicted octanol–water partition coefficient (Wildman–Crippen LogP) is 3.69. The summed E-state index contributed by atoms with van der Waals surface area (Å²) < 4.78 is 4.78. The second-order valence-electron chi connectivity index (χ2n) is 3.27. The number of benzene rings is 1. The number of aldehydes is 1. The van der Waals surface area contributed by atoms with Gasteiger partial charge in [-0.15, -0.1) is 0 Å². The third-order valence-electron chi connectivity index (χ3n) is 1.88. The Morgan fingerprint density at radius 1 is 1.24 bits per heavy atom. The number of ether oxygens (including phenoxy) is 1. The van der Waals surface area contributed by atoms with Gasteiger partial charge in [-0.3, -0.25) is 4.79 Å². The summed E-state index contributed by atoms with van der Waals surface area (Å²) in [6, 6.07) is 4.41. The van der Waals surface area contributed by atoms with Crippen LogP contribution >= 0.6 is 0 Å². The first-order chi connectivity index (χ1) is 9.04. The number of phenolic OH excluding ortho intramolecular Hbond substituents is 1. The van der Waals surface area contributed by atoms with E-state index in [0.29, 0.717) is 17.6 Å². The SMILES string of the molecule is C.C.C/C=C/C=C/C(=O)O.COc1cc(C=O)ccc1O. The molecule has 0 radical (unpaired) electrons. The van der Waals surface area contributed by atoms with E-state index in [1.165, 1.54) is 31.4 Å². The Hall–Kier alpha value is -2.56. The number of allylic oxidation sites excluding steroid dienone is 3. The van der Waals surface area contributed by atoms with Gasteiger partial charge in [0.2, 0.25) is 0 Å². The third-order valence-corrected chi connectivity index (χ3v) is 1.88. The molecule has 0 aliphatic carbocycles. The molecule has 2 N–H and O–H groups in total. The minimum Gasteiger partial charge on any atom is -0.504 e. The molecule has 1 aromatic carbocycles. The van der Waals surface area contributed by atoms with Crippen molar-refractivity contribution < 1.29 is 24.5 Å². The number of phenols is 1. The van der Waals surface area contributed by atoms with Gasteiger partial charge in [0.05, 0.1) is 7.11 Å². The zero-order valence-corrected chi connectivity index (χ0v) is 10.7. The smallest absolute Gasteiger partial charge is 0.328 e.